The van der Waals surface area contributed by atoms with Crippen LogP contribution < -0.4 is 5.32 Å². The van der Waals surface area contributed by atoms with Crippen LogP contribution in [0.4, 0.5) is 0 Å². The molecular formula is C13H18BrNO. The van der Waals surface area contributed by atoms with Crippen LogP contribution in [-0.4, -0.2) is 26.3 Å². The Morgan fingerprint density at radius 2 is 2.25 bits per heavy atom. The number of hydrogen-bond acceptors (Lipinski definition) is 2. The van der Waals surface area contributed by atoms with Gasteiger partial charge < -0.3 is 10.1 Å². The van der Waals surface area contributed by atoms with Crippen molar-refractivity contribution >= 4 is 15.9 Å². The van der Waals surface area contributed by atoms with Crippen molar-refractivity contribution in [1.82, 2.24) is 5.32 Å². The van der Waals surface area contributed by atoms with Gasteiger partial charge in [0.1, 0.15) is 0 Å². The van der Waals surface area contributed by atoms with Gasteiger partial charge in [-0.25, -0.2) is 0 Å². The molecule has 2 nitrogen and oxygen atoms in total. The molecular weight excluding hydrogens is 266 g/mol. The van der Waals surface area contributed by atoms with E-state index < -0.39 is 0 Å². The summed E-state index contributed by atoms with van der Waals surface area (Å²) in [7, 11) is 1.77. The van der Waals surface area contributed by atoms with E-state index in [-0.39, 0.29) is 0 Å². The molecule has 0 spiro atoms. The van der Waals surface area contributed by atoms with Crippen LogP contribution in [0, 0.1) is 5.92 Å². The smallest absolute Gasteiger partial charge is 0.0615 e. The maximum Gasteiger partial charge on any atom is 0.0615 e. The number of methoxy groups -OCH3 is 1. The van der Waals surface area contributed by atoms with Gasteiger partial charge in [0.25, 0.3) is 0 Å². The van der Waals surface area contributed by atoms with Crippen molar-refractivity contribution < 1.29 is 4.74 Å². The molecule has 0 saturated carbocycles. The molecule has 0 aromatic heterocycles. The lowest BCUT2D eigenvalue weighted by molar-refractivity contribution is 0.172. The largest absolute Gasteiger partial charge is 0.383 e. The first-order valence-electron chi connectivity index (χ1n) is 5.75. The summed E-state index contributed by atoms with van der Waals surface area (Å²) in [5.74, 6) is 0.735. The average Bonchev–Trinajstić information content (AvgIpc) is 2.70. The van der Waals surface area contributed by atoms with Gasteiger partial charge in [-0.1, -0.05) is 34.1 Å². The molecule has 1 aromatic rings. The molecule has 2 rings (SSSR count). The van der Waals surface area contributed by atoms with Crippen LogP contribution in [0.1, 0.15) is 12.0 Å². The van der Waals surface area contributed by atoms with E-state index in [1.54, 1.807) is 7.11 Å². The molecule has 0 bridgehead atoms. The maximum atomic E-state index is 5.18. The molecule has 0 radical (unpaired) electrons. The van der Waals surface area contributed by atoms with Gasteiger partial charge >= 0.3 is 0 Å². The number of ether oxygens (including phenoxy) is 1. The minimum absolute atomic E-state index is 0.539. The summed E-state index contributed by atoms with van der Waals surface area (Å²) in [6.45, 7) is 1.93. The molecule has 1 heterocycles. The van der Waals surface area contributed by atoms with E-state index >= 15 is 0 Å². The van der Waals surface area contributed by atoms with Crippen molar-refractivity contribution in [2.75, 3.05) is 20.3 Å². The fourth-order valence-electron chi connectivity index (χ4n) is 2.36. The van der Waals surface area contributed by atoms with Gasteiger partial charge in [0.15, 0.2) is 0 Å². The lowest BCUT2D eigenvalue weighted by Crippen LogP contribution is -2.25. The van der Waals surface area contributed by atoms with E-state index in [1.165, 1.54) is 16.5 Å². The Hall–Kier alpha value is -0.380. The normalized spacial score (nSPS) is 24.9. The average molecular weight is 284 g/mol. The molecule has 2 unspecified atom stereocenters. The van der Waals surface area contributed by atoms with Gasteiger partial charge in [-0.3, -0.25) is 0 Å². The van der Waals surface area contributed by atoms with E-state index in [4.69, 9.17) is 4.74 Å². The molecule has 1 aliphatic heterocycles. The third-order valence-corrected chi connectivity index (χ3v) is 3.92. The van der Waals surface area contributed by atoms with E-state index in [9.17, 15) is 0 Å². The number of rotatable bonds is 4. The lowest BCUT2D eigenvalue weighted by atomic mass is 9.97. The first-order valence-corrected chi connectivity index (χ1v) is 6.54. The topological polar surface area (TPSA) is 21.3 Å². The highest BCUT2D eigenvalue weighted by Gasteiger charge is 2.24. The Kier molecular flexibility index (Phi) is 4.38. The van der Waals surface area contributed by atoms with Gasteiger partial charge in [-0.05, 0) is 36.9 Å². The molecule has 1 aliphatic rings. The highest BCUT2D eigenvalue weighted by Crippen LogP contribution is 2.24. The summed E-state index contributed by atoms with van der Waals surface area (Å²) >= 11 is 3.60. The van der Waals surface area contributed by atoms with Crippen molar-refractivity contribution in [3.8, 4) is 0 Å². The summed E-state index contributed by atoms with van der Waals surface area (Å²) in [6, 6.07) is 9.03. The van der Waals surface area contributed by atoms with Crippen LogP contribution in [-0.2, 0) is 11.2 Å². The van der Waals surface area contributed by atoms with Gasteiger partial charge in [-0.2, -0.15) is 0 Å². The van der Waals surface area contributed by atoms with Crippen molar-refractivity contribution in [2.45, 2.75) is 18.9 Å². The van der Waals surface area contributed by atoms with Crippen LogP contribution >= 0.6 is 15.9 Å². The van der Waals surface area contributed by atoms with Crippen LogP contribution in [0.3, 0.4) is 0 Å². The molecule has 1 aromatic carbocycles. The Labute approximate surface area is 106 Å². The molecule has 0 aliphatic carbocycles. The fraction of sp³-hybridized carbons (Fsp3) is 0.538. The minimum atomic E-state index is 0.539. The van der Waals surface area contributed by atoms with Crippen molar-refractivity contribution in [3.63, 3.8) is 0 Å². The molecule has 0 amide bonds. The van der Waals surface area contributed by atoms with Crippen LogP contribution in [0.2, 0.25) is 0 Å². The third-order valence-electron chi connectivity index (χ3n) is 3.15. The fourth-order valence-corrected chi connectivity index (χ4v) is 2.81. The molecule has 1 N–H and O–H groups in total. The van der Waals surface area contributed by atoms with Crippen molar-refractivity contribution in [1.29, 1.82) is 0 Å². The predicted octanol–water partition coefficient (Wildman–Crippen LogP) is 2.62. The van der Waals surface area contributed by atoms with E-state index in [0.29, 0.717) is 6.04 Å². The van der Waals surface area contributed by atoms with Gasteiger partial charge in [0.2, 0.25) is 0 Å². The molecule has 16 heavy (non-hydrogen) atoms. The van der Waals surface area contributed by atoms with E-state index in [1.807, 2.05) is 0 Å². The quantitative estimate of drug-likeness (QED) is 0.917. The number of hydrogen-bond donors (Lipinski definition) is 1. The van der Waals surface area contributed by atoms with E-state index in [0.717, 1.165) is 25.5 Å². The summed E-state index contributed by atoms with van der Waals surface area (Å²) in [6.07, 6.45) is 2.36. The second-order valence-corrected chi connectivity index (χ2v) is 5.31. The highest BCUT2D eigenvalue weighted by molar-refractivity contribution is 9.10. The Bertz CT molecular complexity index is 342. The summed E-state index contributed by atoms with van der Waals surface area (Å²) in [4.78, 5) is 0. The minimum Gasteiger partial charge on any atom is -0.383 e. The van der Waals surface area contributed by atoms with E-state index in [2.05, 4.69) is 45.5 Å². The summed E-state index contributed by atoms with van der Waals surface area (Å²) in [5, 5.41) is 3.51. The molecule has 1 saturated heterocycles. The molecule has 88 valence electrons. The van der Waals surface area contributed by atoms with Crippen LogP contribution in [0.15, 0.2) is 28.7 Å². The van der Waals surface area contributed by atoms with Crippen LogP contribution in [0.25, 0.3) is 0 Å². The molecule has 1 fully saturated rings. The Morgan fingerprint density at radius 1 is 1.44 bits per heavy atom. The monoisotopic (exact) mass is 283 g/mol. The van der Waals surface area contributed by atoms with Gasteiger partial charge in [-0.15, -0.1) is 0 Å². The highest BCUT2D eigenvalue weighted by atomic mass is 79.9. The van der Waals surface area contributed by atoms with Crippen molar-refractivity contribution in [3.05, 3.63) is 34.3 Å². The zero-order valence-corrected chi connectivity index (χ0v) is 11.2. The first kappa shape index (κ1) is 12.1. The number of benzene rings is 1. The Morgan fingerprint density at radius 3 is 3.00 bits per heavy atom. The predicted molar refractivity (Wildman–Crippen MR) is 69.6 cm³/mol. The van der Waals surface area contributed by atoms with Crippen molar-refractivity contribution in [2.24, 2.45) is 5.92 Å². The summed E-state index contributed by atoms with van der Waals surface area (Å²) < 4.78 is 6.40. The zero-order chi connectivity index (χ0) is 11.4. The SMILES string of the molecule is COCC1CC(Cc2ccccc2Br)CN1. The third kappa shape index (κ3) is 3.06. The number of halogens is 1. The van der Waals surface area contributed by atoms with Crippen LogP contribution in [0.5, 0.6) is 0 Å². The molecule has 3 heteroatoms. The maximum absolute atomic E-state index is 5.18. The van der Waals surface area contributed by atoms with Gasteiger partial charge in [0, 0.05) is 17.6 Å². The second-order valence-electron chi connectivity index (χ2n) is 4.46. The molecule has 2 atom stereocenters. The standard InChI is InChI=1S/C13H18BrNO/c1-16-9-12-7-10(8-15-12)6-11-4-2-3-5-13(11)14/h2-5,10,12,15H,6-9H2,1H3. The first-order chi connectivity index (χ1) is 7.79. The second kappa shape index (κ2) is 5.80. The number of nitrogens with one attached hydrogen (secondary N) is 1. The summed E-state index contributed by atoms with van der Waals surface area (Å²) in [5.41, 5.74) is 1.41. The lowest BCUT2D eigenvalue weighted by Gasteiger charge is -2.10. The zero-order valence-electron chi connectivity index (χ0n) is 9.58. The Balaban J connectivity index is 1.90. The van der Waals surface area contributed by atoms with Gasteiger partial charge in [0.05, 0.1) is 6.61 Å².